The average molecular weight is 413 g/mol. The maximum atomic E-state index is 12.4. The Balaban J connectivity index is 5.73. The minimum absolute atomic E-state index is 0.109. The van der Waals surface area contributed by atoms with Crippen molar-refractivity contribution in [1.29, 1.82) is 0 Å². The van der Waals surface area contributed by atoms with Crippen molar-refractivity contribution < 1.29 is 9.53 Å². The van der Waals surface area contributed by atoms with Gasteiger partial charge in [0.15, 0.2) is 0 Å². The molecule has 0 aliphatic heterocycles. The van der Waals surface area contributed by atoms with Crippen LogP contribution in [0, 0.1) is 11.8 Å². The second-order valence-electron chi connectivity index (χ2n) is 6.03. The van der Waals surface area contributed by atoms with Crippen molar-refractivity contribution in [1.82, 2.24) is 0 Å². The van der Waals surface area contributed by atoms with Gasteiger partial charge in [0.25, 0.3) is 0 Å². The van der Waals surface area contributed by atoms with E-state index in [0.29, 0.717) is 0 Å². The molecule has 0 unspecified atom stereocenters. The fourth-order valence-corrected chi connectivity index (χ4v) is 18.9. The molecule has 0 saturated heterocycles. The summed E-state index contributed by atoms with van der Waals surface area (Å²) >= 11 is -2.72. The Morgan fingerprint density at radius 2 is 1.45 bits per heavy atom. The SMILES string of the molecule is CC#C/C=[C](/C(=O)OC)[Sn]([CH2]CCC)([CH2]CCC)[CH2]CCC. The second kappa shape index (κ2) is 13.0. The summed E-state index contributed by atoms with van der Waals surface area (Å²) in [5.74, 6) is 5.85. The Kier molecular flexibility index (Phi) is 12.8. The predicted molar refractivity (Wildman–Crippen MR) is 98.4 cm³/mol. The Bertz CT molecular complexity index is 380. The number of methoxy groups -OCH3 is 1. The first-order chi connectivity index (χ1) is 10.6. The standard InChI is InChI=1S/C7H7O2.3C4H9.Sn/c1-3-4-5-6-7(8)9-2;3*1-3-4-2;/h5H,1-2H3;3*1,3-4H2,2H3;. The topological polar surface area (TPSA) is 26.3 Å². The Morgan fingerprint density at radius 1 is 1.00 bits per heavy atom. The maximum absolute atomic E-state index is 12.4. The molecule has 0 aromatic heterocycles. The number of ether oxygens (including phenoxy) is 1. The van der Waals surface area contributed by atoms with Crippen molar-refractivity contribution in [3.8, 4) is 11.8 Å². The molecule has 2 nitrogen and oxygen atoms in total. The molecular weight excluding hydrogens is 379 g/mol. The molecule has 22 heavy (non-hydrogen) atoms. The van der Waals surface area contributed by atoms with Gasteiger partial charge < -0.3 is 0 Å². The molecule has 0 amide bonds. The number of carbonyl (C=O) groups is 1. The van der Waals surface area contributed by atoms with Crippen LogP contribution in [0.4, 0.5) is 0 Å². The van der Waals surface area contributed by atoms with Gasteiger partial charge in [0, 0.05) is 0 Å². The van der Waals surface area contributed by atoms with Gasteiger partial charge in [-0.2, -0.15) is 0 Å². The van der Waals surface area contributed by atoms with Gasteiger partial charge in [0.2, 0.25) is 0 Å². The van der Waals surface area contributed by atoms with E-state index >= 15 is 0 Å². The van der Waals surface area contributed by atoms with Crippen molar-refractivity contribution in [3.05, 3.63) is 9.67 Å². The van der Waals surface area contributed by atoms with Crippen molar-refractivity contribution >= 4 is 24.3 Å². The predicted octanol–water partition coefficient (Wildman–Crippen LogP) is 5.50. The van der Waals surface area contributed by atoms with E-state index in [2.05, 4.69) is 32.6 Å². The van der Waals surface area contributed by atoms with E-state index in [1.54, 1.807) is 0 Å². The molecule has 0 atom stereocenters. The third-order valence-corrected chi connectivity index (χ3v) is 19.8. The summed E-state index contributed by atoms with van der Waals surface area (Å²) in [6.45, 7) is 8.55. The molecule has 0 spiro atoms. The molecule has 0 heterocycles. The van der Waals surface area contributed by atoms with Crippen LogP contribution in [-0.2, 0) is 9.53 Å². The Hall–Kier alpha value is -0.431. The zero-order valence-corrected chi connectivity index (χ0v) is 18.1. The monoisotopic (exact) mass is 414 g/mol. The van der Waals surface area contributed by atoms with E-state index in [4.69, 9.17) is 4.74 Å². The summed E-state index contributed by atoms with van der Waals surface area (Å²) in [7, 11) is 1.51. The van der Waals surface area contributed by atoms with Crippen molar-refractivity contribution in [2.75, 3.05) is 7.11 Å². The van der Waals surface area contributed by atoms with Crippen molar-refractivity contribution in [2.24, 2.45) is 0 Å². The van der Waals surface area contributed by atoms with Crippen LogP contribution in [0.3, 0.4) is 0 Å². The summed E-state index contributed by atoms with van der Waals surface area (Å²) in [6, 6.07) is 0. The molecule has 0 bridgehead atoms. The summed E-state index contributed by atoms with van der Waals surface area (Å²) in [4.78, 5) is 12.4. The zero-order valence-electron chi connectivity index (χ0n) is 15.3. The molecule has 0 aromatic carbocycles. The third-order valence-electron chi connectivity index (χ3n) is 4.36. The number of esters is 1. The summed E-state index contributed by atoms with van der Waals surface area (Å²) < 4.78 is 9.92. The van der Waals surface area contributed by atoms with E-state index in [9.17, 15) is 4.79 Å². The minimum atomic E-state index is -2.72. The van der Waals surface area contributed by atoms with E-state index in [1.165, 1.54) is 58.9 Å². The van der Waals surface area contributed by atoms with E-state index < -0.39 is 18.4 Å². The van der Waals surface area contributed by atoms with E-state index in [1.807, 2.05) is 13.0 Å². The van der Waals surface area contributed by atoms with Gasteiger partial charge in [0.05, 0.1) is 0 Å². The number of carbonyl (C=O) groups excluding carboxylic acids is 1. The van der Waals surface area contributed by atoms with Gasteiger partial charge in [-0.15, -0.1) is 0 Å². The summed E-state index contributed by atoms with van der Waals surface area (Å²) in [6.07, 6.45) is 9.20. The number of hydrogen-bond acceptors (Lipinski definition) is 2. The molecule has 0 aromatic rings. The number of unbranched alkanes of at least 4 members (excludes halogenated alkanes) is 3. The zero-order chi connectivity index (χ0) is 16.8. The molecule has 0 saturated carbocycles. The fourth-order valence-electron chi connectivity index (χ4n) is 3.01. The van der Waals surface area contributed by atoms with Crippen molar-refractivity contribution in [2.45, 2.75) is 79.5 Å². The van der Waals surface area contributed by atoms with Crippen LogP contribution in [0.15, 0.2) is 9.67 Å². The fraction of sp³-hybridized carbons (Fsp3) is 0.737. The average Bonchev–Trinajstić information content (AvgIpc) is 2.55. The first-order valence-corrected chi connectivity index (χ1v) is 16.3. The molecule has 3 heteroatoms. The molecule has 0 fully saturated rings. The number of allylic oxidation sites excluding steroid dienone is 1. The van der Waals surface area contributed by atoms with Crippen molar-refractivity contribution in [3.63, 3.8) is 0 Å². The van der Waals surface area contributed by atoms with E-state index in [-0.39, 0.29) is 5.97 Å². The first kappa shape index (κ1) is 21.6. The van der Waals surface area contributed by atoms with Gasteiger partial charge in [0.1, 0.15) is 0 Å². The van der Waals surface area contributed by atoms with Crippen LogP contribution in [0.2, 0.25) is 13.3 Å². The molecule has 0 radical (unpaired) electrons. The summed E-state index contributed by atoms with van der Waals surface area (Å²) in [5, 5.41) is 0. The van der Waals surface area contributed by atoms with Gasteiger partial charge in [-0.05, 0) is 0 Å². The molecule has 0 aliphatic carbocycles. The van der Waals surface area contributed by atoms with Crippen LogP contribution in [0.25, 0.3) is 0 Å². The third kappa shape index (κ3) is 7.22. The van der Waals surface area contributed by atoms with E-state index in [0.717, 1.165) is 3.59 Å². The van der Waals surface area contributed by atoms with Crippen LogP contribution >= 0.6 is 0 Å². The van der Waals surface area contributed by atoms with Crippen LogP contribution < -0.4 is 0 Å². The van der Waals surface area contributed by atoms with Gasteiger partial charge in [-0.1, -0.05) is 0 Å². The van der Waals surface area contributed by atoms with Crippen LogP contribution in [-0.4, -0.2) is 31.5 Å². The molecule has 0 aliphatic rings. The Labute approximate surface area is 142 Å². The normalized spacial score (nSPS) is 11.8. The van der Waals surface area contributed by atoms with Crippen LogP contribution in [0.1, 0.15) is 66.2 Å². The quantitative estimate of drug-likeness (QED) is 0.194. The van der Waals surface area contributed by atoms with Gasteiger partial charge in [-0.3, -0.25) is 0 Å². The number of rotatable bonds is 11. The summed E-state index contributed by atoms with van der Waals surface area (Å²) in [5.41, 5.74) is 0. The number of hydrogen-bond donors (Lipinski definition) is 0. The van der Waals surface area contributed by atoms with Gasteiger partial charge in [-0.25, -0.2) is 0 Å². The van der Waals surface area contributed by atoms with Crippen LogP contribution in [0.5, 0.6) is 0 Å². The van der Waals surface area contributed by atoms with Gasteiger partial charge >= 0.3 is 142 Å². The second-order valence-corrected chi connectivity index (χ2v) is 19.2. The molecular formula is C19H34O2Sn. The molecule has 126 valence electrons. The first-order valence-electron chi connectivity index (χ1n) is 8.83. The Morgan fingerprint density at radius 3 is 1.77 bits per heavy atom. The molecule has 0 N–H and O–H groups in total. The molecule has 0 rings (SSSR count).